The van der Waals surface area contributed by atoms with Crippen LogP contribution in [0.15, 0.2) is 77.9 Å². The number of alkyl halides is 6. The second-order valence-corrected chi connectivity index (χ2v) is 6.69. The molecule has 2 aromatic heterocycles. The fraction of sp³-hybridized carbons (Fsp3) is 0.0952. The van der Waals surface area contributed by atoms with Crippen molar-refractivity contribution in [1.82, 2.24) is 19.6 Å². The van der Waals surface area contributed by atoms with Crippen LogP contribution in [0.3, 0.4) is 0 Å². The molecule has 0 bridgehead atoms. The summed E-state index contributed by atoms with van der Waals surface area (Å²) in [7, 11) is 0. The van der Waals surface area contributed by atoms with E-state index in [-0.39, 0.29) is 22.8 Å². The number of hydrogen-bond acceptors (Lipinski definition) is 5. The quantitative estimate of drug-likeness (QED) is 0.379. The molecule has 0 spiro atoms. The van der Waals surface area contributed by atoms with Crippen LogP contribution in [0.5, 0.6) is 11.5 Å². The van der Waals surface area contributed by atoms with Gasteiger partial charge in [-0.1, -0.05) is 12.1 Å². The molecule has 0 fully saturated rings. The third-order valence-electron chi connectivity index (χ3n) is 4.31. The first kappa shape index (κ1) is 22.9. The molecule has 0 unspecified atom stereocenters. The lowest BCUT2D eigenvalue weighted by Gasteiger charge is -2.13. The van der Waals surface area contributed by atoms with Gasteiger partial charge in [-0.2, -0.15) is 10.2 Å². The molecule has 0 aliphatic rings. The molecule has 0 radical (unpaired) electrons. The largest absolute Gasteiger partial charge is 0.573 e. The Balaban J connectivity index is 1.73. The monoisotopic (exact) mass is 482 g/mol. The molecule has 0 saturated carbocycles. The second-order valence-electron chi connectivity index (χ2n) is 6.69. The van der Waals surface area contributed by atoms with Gasteiger partial charge in [0.05, 0.1) is 23.3 Å². The molecule has 34 heavy (non-hydrogen) atoms. The number of hydrogen-bond donors (Lipinski definition) is 0. The Morgan fingerprint density at radius 2 is 1.35 bits per heavy atom. The molecule has 176 valence electrons. The Kier molecular flexibility index (Phi) is 5.77. The van der Waals surface area contributed by atoms with Crippen LogP contribution in [-0.2, 0) is 0 Å². The topological polar surface area (TPSA) is 71.2 Å². The minimum Gasteiger partial charge on any atom is -0.406 e. The van der Waals surface area contributed by atoms with Crippen molar-refractivity contribution in [1.29, 1.82) is 0 Å². The molecule has 0 amide bonds. The van der Waals surface area contributed by atoms with Crippen molar-refractivity contribution in [3.63, 3.8) is 0 Å². The number of nitrogens with zero attached hydrogens (tertiary/aromatic N) is 4. The highest BCUT2D eigenvalue weighted by molar-refractivity contribution is 5.58. The Morgan fingerprint density at radius 3 is 1.97 bits per heavy atom. The van der Waals surface area contributed by atoms with Gasteiger partial charge in [0.15, 0.2) is 5.69 Å². The van der Waals surface area contributed by atoms with E-state index in [1.807, 2.05) is 0 Å². The van der Waals surface area contributed by atoms with Crippen molar-refractivity contribution in [2.24, 2.45) is 0 Å². The van der Waals surface area contributed by atoms with Gasteiger partial charge in [-0.25, -0.2) is 9.36 Å². The van der Waals surface area contributed by atoms with E-state index in [9.17, 15) is 31.1 Å². The van der Waals surface area contributed by atoms with Crippen LogP contribution in [-0.4, -0.2) is 32.3 Å². The maximum absolute atomic E-state index is 12.6. The van der Waals surface area contributed by atoms with E-state index in [4.69, 9.17) is 0 Å². The normalized spacial score (nSPS) is 11.9. The van der Waals surface area contributed by atoms with Crippen LogP contribution < -0.4 is 14.9 Å². The van der Waals surface area contributed by atoms with Gasteiger partial charge in [0.1, 0.15) is 11.5 Å². The molecular weight excluding hydrogens is 470 g/mol. The lowest BCUT2D eigenvalue weighted by Crippen LogP contribution is -2.18. The molecule has 13 heteroatoms. The lowest BCUT2D eigenvalue weighted by atomic mass is 10.2. The van der Waals surface area contributed by atoms with Gasteiger partial charge >= 0.3 is 12.7 Å². The highest BCUT2D eigenvalue weighted by atomic mass is 19.4. The molecule has 2 heterocycles. The zero-order valence-corrected chi connectivity index (χ0v) is 16.7. The predicted molar refractivity (Wildman–Crippen MR) is 106 cm³/mol. The van der Waals surface area contributed by atoms with E-state index in [0.29, 0.717) is 0 Å². The average molecular weight is 482 g/mol. The minimum absolute atomic E-state index is 0.131. The first-order valence-corrected chi connectivity index (χ1v) is 9.35. The molecule has 0 atom stereocenters. The van der Waals surface area contributed by atoms with Crippen LogP contribution in [0.25, 0.3) is 22.8 Å². The van der Waals surface area contributed by atoms with Gasteiger partial charge < -0.3 is 9.47 Å². The number of benzene rings is 2. The van der Waals surface area contributed by atoms with Gasteiger partial charge in [-0.05, 0) is 30.3 Å². The molecule has 0 aliphatic heterocycles. The van der Waals surface area contributed by atoms with Crippen molar-refractivity contribution in [3.8, 4) is 34.3 Å². The minimum atomic E-state index is -4.90. The molecular formula is C21H12F6N4O3. The SMILES string of the molecule is O=c1ccn(-c2cccc(OC(F)(F)F)c2)nc1-c1ccnn1-c1cccc(OC(F)(F)F)c1. The molecule has 0 saturated heterocycles. The number of ether oxygens (including phenoxy) is 2. The maximum Gasteiger partial charge on any atom is 0.573 e. The average Bonchev–Trinajstić information content (AvgIpc) is 3.22. The number of rotatable bonds is 5. The van der Waals surface area contributed by atoms with Crippen LogP contribution >= 0.6 is 0 Å². The maximum atomic E-state index is 12.6. The van der Waals surface area contributed by atoms with Gasteiger partial charge in [0.25, 0.3) is 0 Å². The summed E-state index contributed by atoms with van der Waals surface area (Å²) in [6.07, 6.45) is -7.23. The van der Waals surface area contributed by atoms with Crippen LogP contribution in [0.2, 0.25) is 0 Å². The Labute approximate surface area is 186 Å². The summed E-state index contributed by atoms with van der Waals surface area (Å²) in [5, 5.41) is 8.23. The first-order valence-electron chi connectivity index (χ1n) is 9.35. The van der Waals surface area contributed by atoms with Crippen molar-refractivity contribution in [2.45, 2.75) is 12.7 Å². The van der Waals surface area contributed by atoms with Crippen LogP contribution in [0, 0.1) is 0 Å². The first-order chi connectivity index (χ1) is 16.0. The summed E-state index contributed by atoms with van der Waals surface area (Å²) >= 11 is 0. The number of halogens is 6. The van der Waals surface area contributed by atoms with Gasteiger partial charge in [-0.15, -0.1) is 26.3 Å². The van der Waals surface area contributed by atoms with E-state index in [0.717, 1.165) is 35.0 Å². The van der Waals surface area contributed by atoms with Crippen molar-refractivity contribution in [2.75, 3.05) is 0 Å². The van der Waals surface area contributed by atoms with Crippen LogP contribution in [0.1, 0.15) is 0 Å². The number of aromatic nitrogens is 4. The lowest BCUT2D eigenvalue weighted by molar-refractivity contribution is -0.275. The molecule has 2 aromatic carbocycles. The fourth-order valence-electron chi connectivity index (χ4n) is 3.05. The van der Waals surface area contributed by atoms with E-state index >= 15 is 0 Å². The summed E-state index contributed by atoms with van der Waals surface area (Å²) in [6.45, 7) is 0. The Bertz CT molecular complexity index is 1380. The summed E-state index contributed by atoms with van der Waals surface area (Å²) in [4.78, 5) is 12.5. The summed E-state index contributed by atoms with van der Waals surface area (Å²) in [5.74, 6) is -0.982. The van der Waals surface area contributed by atoms with E-state index in [1.165, 1.54) is 47.4 Å². The fourth-order valence-corrected chi connectivity index (χ4v) is 3.05. The molecule has 4 aromatic rings. The Morgan fingerprint density at radius 1 is 0.765 bits per heavy atom. The van der Waals surface area contributed by atoms with E-state index < -0.39 is 29.7 Å². The second kappa shape index (κ2) is 8.57. The molecule has 0 N–H and O–H groups in total. The zero-order chi connectivity index (χ0) is 24.5. The molecule has 4 rings (SSSR count). The van der Waals surface area contributed by atoms with Crippen molar-refractivity contribution < 1.29 is 35.8 Å². The zero-order valence-electron chi connectivity index (χ0n) is 16.7. The van der Waals surface area contributed by atoms with Gasteiger partial charge in [0, 0.05) is 24.4 Å². The third-order valence-corrected chi connectivity index (χ3v) is 4.31. The van der Waals surface area contributed by atoms with E-state index in [2.05, 4.69) is 19.7 Å². The molecule has 7 nitrogen and oxygen atoms in total. The third kappa shape index (κ3) is 5.36. The van der Waals surface area contributed by atoms with Gasteiger partial charge in [0.2, 0.25) is 5.43 Å². The smallest absolute Gasteiger partial charge is 0.406 e. The summed E-state index contributed by atoms with van der Waals surface area (Å²) < 4.78 is 85.5. The highest BCUT2D eigenvalue weighted by Crippen LogP contribution is 2.27. The summed E-state index contributed by atoms with van der Waals surface area (Å²) in [6, 6.07) is 12.4. The van der Waals surface area contributed by atoms with Crippen LogP contribution in [0.4, 0.5) is 26.3 Å². The van der Waals surface area contributed by atoms with Gasteiger partial charge in [-0.3, -0.25) is 4.79 Å². The van der Waals surface area contributed by atoms with E-state index in [1.54, 1.807) is 0 Å². The molecule has 0 aliphatic carbocycles. The highest BCUT2D eigenvalue weighted by Gasteiger charge is 2.32. The predicted octanol–water partition coefficient (Wildman–Crippen LogP) is 4.88. The van der Waals surface area contributed by atoms with Crippen molar-refractivity contribution >= 4 is 0 Å². The van der Waals surface area contributed by atoms with Crippen molar-refractivity contribution in [3.05, 3.63) is 83.3 Å². The standard InChI is InChI=1S/C21H12F6N4O3/c22-20(23,24)33-15-5-1-3-13(11-15)30-10-8-18(32)19(29-30)17-7-9-28-31(17)14-4-2-6-16(12-14)34-21(25,26)27/h1-12H. The summed E-state index contributed by atoms with van der Waals surface area (Å²) in [5.41, 5.74) is -0.257. The Hall–Kier alpha value is -4.29.